The molecule has 0 spiro atoms. The Labute approximate surface area is 162 Å². The zero-order valence-electron chi connectivity index (χ0n) is 15.4. The molecule has 1 fully saturated rings. The number of hydrogen-bond acceptors (Lipinski definition) is 5. The van der Waals surface area contributed by atoms with Gasteiger partial charge >= 0.3 is 0 Å². The van der Waals surface area contributed by atoms with Crippen molar-refractivity contribution in [1.82, 2.24) is 14.7 Å². The predicted molar refractivity (Wildman–Crippen MR) is 103 cm³/mol. The summed E-state index contributed by atoms with van der Waals surface area (Å²) >= 11 is 1.68. The van der Waals surface area contributed by atoms with Gasteiger partial charge in [0.05, 0.1) is 30.7 Å². The Kier molecular flexibility index (Phi) is 5.27. The van der Waals surface area contributed by atoms with Gasteiger partial charge < -0.3 is 15.0 Å². The SMILES string of the molecule is CC1CCc2c(C(=O)Nc3cnn(CC(=O)N4CCOCC4)c3)csc2C1. The van der Waals surface area contributed by atoms with Crippen molar-refractivity contribution in [2.75, 3.05) is 31.6 Å². The van der Waals surface area contributed by atoms with Crippen LogP contribution in [0.15, 0.2) is 17.8 Å². The first-order valence-electron chi connectivity index (χ1n) is 9.38. The summed E-state index contributed by atoms with van der Waals surface area (Å²) in [5.74, 6) is 0.607. The normalized spacial score (nSPS) is 19.6. The predicted octanol–water partition coefficient (Wildman–Crippen LogP) is 2.18. The molecule has 1 atom stereocenters. The summed E-state index contributed by atoms with van der Waals surface area (Å²) in [6, 6.07) is 0. The number of rotatable bonds is 4. The average Bonchev–Trinajstić information content (AvgIpc) is 3.28. The van der Waals surface area contributed by atoms with Gasteiger partial charge in [-0.05, 0) is 30.7 Å². The maximum atomic E-state index is 12.7. The second kappa shape index (κ2) is 7.82. The number of carbonyl (C=O) groups excluding carboxylic acids is 2. The Balaban J connectivity index is 1.38. The zero-order valence-corrected chi connectivity index (χ0v) is 16.3. The van der Waals surface area contributed by atoms with Crippen LogP contribution in [0.4, 0.5) is 5.69 Å². The van der Waals surface area contributed by atoms with E-state index in [0.717, 1.165) is 24.8 Å². The first-order valence-corrected chi connectivity index (χ1v) is 10.3. The molecule has 1 aliphatic carbocycles. The minimum Gasteiger partial charge on any atom is -0.378 e. The number of nitrogens with zero attached hydrogens (tertiary/aromatic N) is 3. The largest absolute Gasteiger partial charge is 0.378 e. The van der Waals surface area contributed by atoms with Crippen LogP contribution in [0.5, 0.6) is 0 Å². The minimum absolute atomic E-state index is 0.0142. The maximum absolute atomic E-state index is 12.7. The van der Waals surface area contributed by atoms with Crippen molar-refractivity contribution < 1.29 is 14.3 Å². The van der Waals surface area contributed by atoms with Crippen LogP contribution in [0.3, 0.4) is 0 Å². The molecule has 1 saturated heterocycles. The van der Waals surface area contributed by atoms with Crippen LogP contribution < -0.4 is 5.32 Å². The summed E-state index contributed by atoms with van der Waals surface area (Å²) < 4.78 is 6.83. The summed E-state index contributed by atoms with van der Waals surface area (Å²) in [4.78, 5) is 28.1. The van der Waals surface area contributed by atoms with E-state index in [4.69, 9.17) is 4.74 Å². The minimum atomic E-state index is -0.0962. The molecule has 1 unspecified atom stereocenters. The average molecular weight is 388 g/mol. The third-order valence-electron chi connectivity index (χ3n) is 5.20. The fraction of sp³-hybridized carbons (Fsp3) is 0.526. The van der Waals surface area contributed by atoms with Crippen LogP contribution in [0.1, 0.15) is 34.1 Å². The van der Waals surface area contributed by atoms with E-state index in [9.17, 15) is 9.59 Å². The van der Waals surface area contributed by atoms with Gasteiger partial charge in [0.2, 0.25) is 5.91 Å². The van der Waals surface area contributed by atoms with Crippen molar-refractivity contribution in [3.8, 4) is 0 Å². The second-order valence-corrected chi connectivity index (χ2v) is 8.24. The van der Waals surface area contributed by atoms with Gasteiger partial charge in [0.15, 0.2) is 0 Å². The van der Waals surface area contributed by atoms with Crippen molar-refractivity contribution in [1.29, 1.82) is 0 Å². The molecule has 8 heteroatoms. The molecular formula is C19H24N4O3S. The van der Waals surface area contributed by atoms with E-state index in [1.807, 2.05) is 5.38 Å². The first-order chi connectivity index (χ1) is 13.1. The highest BCUT2D eigenvalue weighted by Crippen LogP contribution is 2.33. The molecule has 2 aromatic rings. The molecule has 27 heavy (non-hydrogen) atoms. The van der Waals surface area contributed by atoms with Crippen molar-refractivity contribution in [2.24, 2.45) is 5.92 Å². The van der Waals surface area contributed by atoms with Crippen molar-refractivity contribution >= 4 is 28.8 Å². The molecule has 1 aliphatic heterocycles. The standard InChI is InChI=1S/C19H24N4O3S/c1-13-2-3-15-16(12-27-17(15)8-13)19(25)21-14-9-20-23(10-14)11-18(24)22-4-6-26-7-5-22/h9-10,12-13H,2-8,11H2,1H3,(H,21,25). The smallest absolute Gasteiger partial charge is 0.256 e. The van der Waals surface area contributed by atoms with E-state index in [1.165, 1.54) is 10.4 Å². The van der Waals surface area contributed by atoms with E-state index in [0.29, 0.717) is 37.9 Å². The Morgan fingerprint density at radius 1 is 1.37 bits per heavy atom. The number of hydrogen-bond donors (Lipinski definition) is 1. The Bertz CT molecular complexity index is 838. The lowest BCUT2D eigenvalue weighted by Crippen LogP contribution is -2.42. The van der Waals surface area contributed by atoms with Gasteiger partial charge in [-0.25, -0.2) is 0 Å². The fourth-order valence-corrected chi connectivity index (χ4v) is 4.88. The summed E-state index contributed by atoms with van der Waals surface area (Å²) in [7, 11) is 0. The number of morpholine rings is 1. The summed E-state index contributed by atoms with van der Waals surface area (Å²) in [6.07, 6.45) is 6.46. The van der Waals surface area contributed by atoms with E-state index in [1.54, 1.807) is 33.3 Å². The molecule has 144 valence electrons. The molecule has 4 rings (SSSR count). The highest BCUT2D eigenvalue weighted by atomic mass is 32.1. The molecule has 0 radical (unpaired) electrons. The maximum Gasteiger partial charge on any atom is 0.256 e. The molecular weight excluding hydrogens is 364 g/mol. The molecule has 3 heterocycles. The molecule has 0 bridgehead atoms. The van der Waals surface area contributed by atoms with Crippen LogP contribution in [0.2, 0.25) is 0 Å². The highest BCUT2D eigenvalue weighted by molar-refractivity contribution is 7.10. The molecule has 0 aromatic carbocycles. The number of amides is 2. The van der Waals surface area contributed by atoms with E-state index >= 15 is 0 Å². The van der Waals surface area contributed by atoms with Crippen molar-refractivity contribution in [3.63, 3.8) is 0 Å². The van der Waals surface area contributed by atoms with Gasteiger partial charge in [-0.1, -0.05) is 6.92 Å². The van der Waals surface area contributed by atoms with Gasteiger partial charge in [-0.15, -0.1) is 11.3 Å². The molecule has 0 saturated carbocycles. The summed E-state index contributed by atoms with van der Waals surface area (Å²) in [5, 5.41) is 9.09. The summed E-state index contributed by atoms with van der Waals surface area (Å²) in [6.45, 7) is 4.82. The monoisotopic (exact) mass is 388 g/mol. The Morgan fingerprint density at radius 3 is 3.00 bits per heavy atom. The highest BCUT2D eigenvalue weighted by Gasteiger charge is 2.23. The lowest BCUT2D eigenvalue weighted by molar-refractivity contribution is -0.136. The number of thiophene rings is 1. The number of aromatic nitrogens is 2. The van der Waals surface area contributed by atoms with Gasteiger partial charge in [0.1, 0.15) is 6.54 Å². The summed E-state index contributed by atoms with van der Waals surface area (Å²) in [5.41, 5.74) is 2.59. The number of anilines is 1. The van der Waals surface area contributed by atoms with Gasteiger partial charge in [0, 0.05) is 29.5 Å². The molecule has 7 nitrogen and oxygen atoms in total. The van der Waals surface area contributed by atoms with Crippen LogP contribution in [-0.2, 0) is 28.9 Å². The van der Waals surface area contributed by atoms with Gasteiger partial charge in [-0.2, -0.15) is 5.10 Å². The van der Waals surface area contributed by atoms with Crippen LogP contribution in [-0.4, -0.2) is 52.8 Å². The third kappa shape index (κ3) is 4.06. The van der Waals surface area contributed by atoms with Crippen LogP contribution in [0, 0.1) is 5.92 Å². The molecule has 1 N–H and O–H groups in total. The van der Waals surface area contributed by atoms with Crippen molar-refractivity contribution in [2.45, 2.75) is 32.7 Å². The van der Waals surface area contributed by atoms with Crippen LogP contribution in [0.25, 0.3) is 0 Å². The third-order valence-corrected chi connectivity index (χ3v) is 6.25. The number of carbonyl (C=O) groups is 2. The van der Waals surface area contributed by atoms with Crippen LogP contribution >= 0.6 is 11.3 Å². The van der Waals surface area contributed by atoms with Gasteiger partial charge in [-0.3, -0.25) is 14.3 Å². The lowest BCUT2D eigenvalue weighted by atomic mass is 9.88. The Morgan fingerprint density at radius 2 is 2.19 bits per heavy atom. The molecule has 2 aliphatic rings. The number of fused-ring (bicyclic) bond motifs is 1. The van der Waals surface area contributed by atoms with E-state index in [-0.39, 0.29) is 18.4 Å². The van der Waals surface area contributed by atoms with Gasteiger partial charge in [0.25, 0.3) is 5.91 Å². The number of ether oxygens (including phenoxy) is 1. The molecule has 2 amide bonds. The zero-order chi connectivity index (χ0) is 18.8. The molecule has 2 aromatic heterocycles. The Hall–Kier alpha value is -2.19. The number of nitrogens with one attached hydrogen (secondary N) is 1. The fourth-order valence-electron chi connectivity index (χ4n) is 3.63. The lowest BCUT2D eigenvalue weighted by Gasteiger charge is -2.26. The van der Waals surface area contributed by atoms with Crippen molar-refractivity contribution in [3.05, 3.63) is 33.8 Å². The van der Waals surface area contributed by atoms with E-state index < -0.39 is 0 Å². The second-order valence-electron chi connectivity index (χ2n) is 7.27. The topological polar surface area (TPSA) is 76.5 Å². The first kappa shape index (κ1) is 18.2. The van der Waals surface area contributed by atoms with E-state index in [2.05, 4.69) is 17.3 Å². The quantitative estimate of drug-likeness (QED) is 0.871.